The quantitative estimate of drug-likeness (QED) is 0.316. The Labute approximate surface area is 237 Å². The Hall–Kier alpha value is -3.92. The first kappa shape index (κ1) is 26.0. The summed E-state index contributed by atoms with van der Waals surface area (Å²) in [6.07, 6.45) is 3.74. The van der Waals surface area contributed by atoms with Crippen LogP contribution in [0.2, 0.25) is 0 Å². The van der Waals surface area contributed by atoms with E-state index >= 15 is 0 Å². The molecule has 41 heavy (non-hydrogen) atoms. The minimum Gasteiger partial charge on any atom is -0.493 e. The molecule has 2 atom stereocenters. The maximum Gasteiger partial charge on any atom is 0.249 e. The molecule has 2 saturated heterocycles. The molecule has 9 nitrogen and oxygen atoms in total. The van der Waals surface area contributed by atoms with E-state index in [0.29, 0.717) is 55.2 Å². The molecule has 0 radical (unpaired) electrons. The minimum atomic E-state index is -0.460. The number of fused-ring (bicyclic) bond motifs is 3. The lowest BCUT2D eigenvalue weighted by Crippen LogP contribution is -2.41. The summed E-state index contributed by atoms with van der Waals surface area (Å²) in [5, 5.41) is 6.07. The molecule has 1 aliphatic carbocycles. The number of rotatable bonds is 9. The van der Waals surface area contributed by atoms with Gasteiger partial charge in [0.05, 0.1) is 39.0 Å². The van der Waals surface area contributed by atoms with Crippen molar-refractivity contribution in [3.63, 3.8) is 0 Å². The first-order chi connectivity index (χ1) is 20.0. The van der Waals surface area contributed by atoms with Crippen LogP contribution < -0.4 is 25.3 Å². The summed E-state index contributed by atoms with van der Waals surface area (Å²) < 4.78 is 30.3. The van der Waals surface area contributed by atoms with Gasteiger partial charge in [0.15, 0.2) is 17.3 Å². The third-order valence-electron chi connectivity index (χ3n) is 8.86. The number of nitrogens with zero attached hydrogens (tertiary/aromatic N) is 1. The smallest absolute Gasteiger partial charge is 0.249 e. The number of nitrogens with one attached hydrogen (secondary N) is 1. The first-order valence-electron chi connectivity index (χ1n) is 14.0. The Morgan fingerprint density at radius 2 is 1.90 bits per heavy atom. The van der Waals surface area contributed by atoms with Gasteiger partial charge in [0.1, 0.15) is 12.4 Å². The van der Waals surface area contributed by atoms with Crippen molar-refractivity contribution in [2.45, 2.75) is 25.2 Å². The number of amides is 1. The Balaban J connectivity index is 1.04. The van der Waals surface area contributed by atoms with E-state index < -0.39 is 11.7 Å². The highest BCUT2D eigenvalue weighted by Crippen LogP contribution is 2.65. The molecule has 3 aromatic carbocycles. The SMILES string of the molecule is COc1cc2c(OCc3ccc4c(C(N)=O)cccc4c3)ccnc2cc1OCCC1CC12CNCC21OCCO1. The molecule has 212 valence electrons. The van der Waals surface area contributed by atoms with Crippen molar-refractivity contribution in [2.75, 3.05) is 40.0 Å². The van der Waals surface area contributed by atoms with Crippen LogP contribution in [0.1, 0.15) is 28.8 Å². The molecule has 2 spiro atoms. The third-order valence-corrected chi connectivity index (χ3v) is 8.86. The lowest BCUT2D eigenvalue weighted by Gasteiger charge is -2.29. The largest absolute Gasteiger partial charge is 0.493 e. The summed E-state index contributed by atoms with van der Waals surface area (Å²) in [5.74, 6) is 1.58. The molecule has 7 rings (SSSR count). The van der Waals surface area contributed by atoms with Gasteiger partial charge in [-0.2, -0.15) is 0 Å². The molecule has 3 N–H and O–H groups in total. The van der Waals surface area contributed by atoms with Crippen LogP contribution in [-0.2, 0) is 16.1 Å². The molecule has 1 saturated carbocycles. The molecule has 9 heteroatoms. The molecular weight excluding hydrogens is 522 g/mol. The van der Waals surface area contributed by atoms with Crippen LogP contribution in [0, 0.1) is 11.3 Å². The molecular formula is C32H33N3O6. The van der Waals surface area contributed by atoms with Gasteiger partial charge in [0, 0.05) is 35.2 Å². The number of hydrogen-bond donors (Lipinski definition) is 2. The normalized spacial score (nSPS) is 22.5. The van der Waals surface area contributed by atoms with Gasteiger partial charge >= 0.3 is 0 Å². The second-order valence-corrected chi connectivity index (χ2v) is 11.1. The highest BCUT2D eigenvalue weighted by Gasteiger charge is 2.71. The van der Waals surface area contributed by atoms with Gasteiger partial charge in [-0.3, -0.25) is 9.78 Å². The molecule has 2 aliphatic heterocycles. The van der Waals surface area contributed by atoms with Crippen LogP contribution >= 0.6 is 0 Å². The van der Waals surface area contributed by atoms with Crippen LogP contribution in [0.5, 0.6) is 17.2 Å². The van der Waals surface area contributed by atoms with E-state index in [1.54, 1.807) is 19.4 Å². The van der Waals surface area contributed by atoms with Gasteiger partial charge < -0.3 is 34.7 Å². The fourth-order valence-corrected chi connectivity index (χ4v) is 6.68. The van der Waals surface area contributed by atoms with E-state index in [1.807, 2.05) is 48.5 Å². The predicted octanol–water partition coefficient (Wildman–Crippen LogP) is 4.20. The number of aromatic nitrogens is 1. The van der Waals surface area contributed by atoms with Crippen LogP contribution in [0.25, 0.3) is 21.7 Å². The summed E-state index contributed by atoms with van der Waals surface area (Å²) in [4.78, 5) is 16.3. The van der Waals surface area contributed by atoms with Crippen LogP contribution in [0.4, 0.5) is 0 Å². The number of methoxy groups -OCH3 is 1. The number of ether oxygens (including phenoxy) is 5. The second kappa shape index (κ2) is 10.2. The van der Waals surface area contributed by atoms with Crippen LogP contribution in [-0.4, -0.2) is 56.7 Å². The van der Waals surface area contributed by atoms with Gasteiger partial charge in [-0.15, -0.1) is 0 Å². The summed E-state index contributed by atoms with van der Waals surface area (Å²) >= 11 is 0. The predicted molar refractivity (Wildman–Crippen MR) is 153 cm³/mol. The molecule has 2 unspecified atom stereocenters. The fraction of sp³-hybridized carbons (Fsp3) is 0.375. The lowest BCUT2D eigenvalue weighted by molar-refractivity contribution is -0.183. The summed E-state index contributed by atoms with van der Waals surface area (Å²) in [5.41, 5.74) is 7.83. The maximum absolute atomic E-state index is 11.8. The number of carbonyl (C=O) groups excluding carboxylic acids is 1. The van der Waals surface area contributed by atoms with E-state index in [-0.39, 0.29) is 5.41 Å². The molecule has 1 aromatic heterocycles. The Bertz CT molecular complexity index is 1630. The number of hydrogen-bond acceptors (Lipinski definition) is 8. The summed E-state index contributed by atoms with van der Waals surface area (Å²) in [6.45, 7) is 3.94. The van der Waals surface area contributed by atoms with Gasteiger partial charge in [-0.1, -0.05) is 24.3 Å². The van der Waals surface area contributed by atoms with E-state index in [0.717, 1.165) is 53.2 Å². The number of pyridine rings is 1. The Morgan fingerprint density at radius 3 is 2.73 bits per heavy atom. The fourth-order valence-electron chi connectivity index (χ4n) is 6.68. The monoisotopic (exact) mass is 555 g/mol. The first-order valence-corrected chi connectivity index (χ1v) is 14.0. The van der Waals surface area contributed by atoms with Crippen molar-refractivity contribution in [2.24, 2.45) is 17.1 Å². The third kappa shape index (κ3) is 4.45. The maximum atomic E-state index is 11.8. The molecule has 3 heterocycles. The number of benzene rings is 3. The summed E-state index contributed by atoms with van der Waals surface area (Å²) in [6, 6.07) is 17.1. The zero-order valence-electron chi connectivity index (χ0n) is 23.0. The number of nitrogens with two attached hydrogens (primary N) is 1. The molecule has 4 aromatic rings. The van der Waals surface area contributed by atoms with Gasteiger partial charge in [0.25, 0.3) is 0 Å². The highest BCUT2D eigenvalue weighted by molar-refractivity contribution is 6.06. The average Bonchev–Trinajstić information content (AvgIpc) is 3.30. The highest BCUT2D eigenvalue weighted by atomic mass is 16.7. The number of primary amides is 1. The van der Waals surface area contributed by atoms with Crippen molar-refractivity contribution in [1.82, 2.24) is 10.3 Å². The van der Waals surface area contributed by atoms with E-state index in [9.17, 15) is 4.79 Å². The van der Waals surface area contributed by atoms with Crippen molar-refractivity contribution in [3.8, 4) is 17.2 Å². The topological polar surface area (TPSA) is 114 Å². The molecule has 3 aliphatic rings. The zero-order valence-corrected chi connectivity index (χ0v) is 23.0. The zero-order chi connectivity index (χ0) is 28.0. The average molecular weight is 556 g/mol. The van der Waals surface area contributed by atoms with Crippen molar-refractivity contribution >= 4 is 27.6 Å². The lowest BCUT2D eigenvalue weighted by atomic mass is 9.95. The van der Waals surface area contributed by atoms with E-state index in [1.165, 1.54) is 0 Å². The molecule has 1 amide bonds. The van der Waals surface area contributed by atoms with Crippen LogP contribution in [0.15, 0.2) is 60.8 Å². The van der Waals surface area contributed by atoms with Crippen molar-refractivity contribution < 1.29 is 28.5 Å². The van der Waals surface area contributed by atoms with Crippen molar-refractivity contribution in [1.29, 1.82) is 0 Å². The molecule has 0 bridgehead atoms. The Morgan fingerprint density at radius 1 is 1.02 bits per heavy atom. The van der Waals surface area contributed by atoms with Gasteiger partial charge in [-0.25, -0.2) is 0 Å². The van der Waals surface area contributed by atoms with Crippen LogP contribution in [0.3, 0.4) is 0 Å². The van der Waals surface area contributed by atoms with E-state index in [2.05, 4.69) is 10.3 Å². The number of carbonyl (C=O) groups is 1. The Kier molecular flexibility index (Phi) is 6.45. The van der Waals surface area contributed by atoms with Gasteiger partial charge in [-0.05, 0) is 59.4 Å². The summed E-state index contributed by atoms with van der Waals surface area (Å²) in [7, 11) is 1.64. The molecule has 3 fully saturated rings. The second-order valence-electron chi connectivity index (χ2n) is 11.1. The standard InChI is InChI=1S/C32H33N3O6/c1-37-28-14-25-26(15-29(28)38-10-8-22-16-31(22)18-34-19-32(31)40-11-12-41-32)35-9-7-27(25)39-17-20-5-6-23-21(13-20)3-2-4-24(23)30(33)36/h2-7,9,13-15,22,34H,8,10-12,16-19H2,1H3,(H2,33,36). The van der Waals surface area contributed by atoms with E-state index in [4.69, 9.17) is 29.4 Å². The van der Waals surface area contributed by atoms with Gasteiger partial charge in [0.2, 0.25) is 5.91 Å². The van der Waals surface area contributed by atoms with Crippen molar-refractivity contribution in [3.05, 3.63) is 71.9 Å². The minimum absolute atomic E-state index is 0.0588.